The summed E-state index contributed by atoms with van der Waals surface area (Å²) in [6, 6.07) is 9.27. The van der Waals surface area contributed by atoms with Crippen LogP contribution < -0.4 is 26.4 Å². The highest BCUT2D eigenvalue weighted by Crippen LogP contribution is 2.30. The fourth-order valence-electron chi connectivity index (χ4n) is 6.51. The van der Waals surface area contributed by atoms with Crippen molar-refractivity contribution in [2.24, 2.45) is 0 Å². The minimum atomic E-state index is -7.22. The first-order valence-corrected chi connectivity index (χ1v) is 16.7. The van der Waals surface area contributed by atoms with Crippen LogP contribution in [0.3, 0.4) is 0 Å². The van der Waals surface area contributed by atoms with Crippen LogP contribution in [0.25, 0.3) is 5.57 Å². The molecule has 1 heterocycles. The standard InChI is InChI=1S/C24BF20.C15H15N2O/c26-5-1(6(27)14(35)21(42)13(5)34)25(2-7(28)15(36)22(43)16(37)8(2)29,3-9(30)17(38)23(44)18(39)10(3)31)4-11(32)19(40)24(45)20(41)12(4)33;1-12(2)14-10-17(9-8-16-14)11-15(18)13-6-4-3-5-7-13/h;3-10H,1,11H2,2H3/q-1;+1. The maximum Gasteiger partial charge on any atom is 0.227 e. The topological polar surface area (TPSA) is 33.8 Å². The molecule has 63 heavy (non-hydrogen) atoms. The highest BCUT2D eigenvalue weighted by Gasteiger charge is 2.52. The molecule has 0 N–H and O–H groups in total. The zero-order chi connectivity index (χ0) is 47.3. The number of Topliss-reactive ketones (excluding diaryl/α,β-unsaturated/α-hetero) is 1. The lowest BCUT2D eigenvalue weighted by atomic mass is 9.12. The fourth-order valence-corrected chi connectivity index (χ4v) is 6.51. The van der Waals surface area contributed by atoms with Crippen molar-refractivity contribution in [3.05, 3.63) is 183 Å². The molecule has 0 amide bonds. The molecule has 6 rings (SSSR count). The van der Waals surface area contributed by atoms with Crippen molar-refractivity contribution >= 4 is 39.4 Å². The number of benzene rings is 5. The van der Waals surface area contributed by atoms with E-state index < -0.39 is 144 Å². The monoisotopic (exact) mass is 918 g/mol. The van der Waals surface area contributed by atoms with Gasteiger partial charge in [-0.15, -0.1) is 21.9 Å². The number of carbonyl (C=O) groups excluding carboxylic acids is 1. The van der Waals surface area contributed by atoms with Crippen LogP contribution in [0.5, 0.6) is 0 Å². The molecule has 0 aliphatic carbocycles. The first-order chi connectivity index (χ1) is 29.4. The predicted molar refractivity (Wildman–Crippen MR) is 179 cm³/mol. The smallest absolute Gasteiger partial charge is 0.227 e. The van der Waals surface area contributed by atoms with E-state index in [1.807, 2.05) is 48.0 Å². The summed E-state index contributed by atoms with van der Waals surface area (Å²) < 4.78 is 296. The molecule has 5 aromatic carbocycles. The summed E-state index contributed by atoms with van der Waals surface area (Å²) >= 11 is 0. The van der Waals surface area contributed by atoms with Crippen LogP contribution in [0.2, 0.25) is 0 Å². The molecule has 0 spiro atoms. The molecule has 0 unspecified atom stereocenters. The second-order valence-electron chi connectivity index (χ2n) is 13.0. The van der Waals surface area contributed by atoms with Crippen molar-refractivity contribution in [3.8, 4) is 0 Å². The molecule has 1 aromatic heterocycles. The van der Waals surface area contributed by atoms with E-state index in [-0.39, 0.29) is 5.78 Å². The first kappa shape index (κ1) is 47.3. The van der Waals surface area contributed by atoms with Crippen molar-refractivity contribution < 1.29 is 97.2 Å². The van der Waals surface area contributed by atoms with Crippen molar-refractivity contribution in [1.29, 1.82) is 0 Å². The second kappa shape index (κ2) is 17.6. The summed E-state index contributed by atoms with van der Waals surface area (Å²) in [5.74, 6) is -71.3. The van der Waals surface area contributed by atoms with E-state index in [0.717, 1.165) is 16.8 Å². The van der Waals surface area contributed by atoms with E-state index >= 15 is 35.1 Å². The Bertz CT molecular complexity index is 2490. The lowest BCUT2D eigenvalue weighted by Crippen LogP contribution is -2.81. The van der Waals surface area contributed by atoms with E-state index in [1.54, 1.807) is 12.4 Å². The summed E-state index contributed by atoms with van der Waals surface area (Å²) in [6.07, 6.45) is -1.91. The third-order valence-electron chi connectivity index (χ3n) is 9.33. The molecule has 0 saturated heterocycles. The third-order valence-corrected chi connectivity index (χ3v) is 9.33. The quantitative estimate of drug-likeness (QED) is 0.0387. The number of halogens is 20. The molecule has 6 aromatic rings. The molecule has 0 fully saturated rings. The SMILES string of the molecule is C=C(C)c1c[n+](CC(=O)c2ccccc2)ccn1.Fc1c(F)c(F)c([B-](c2c(F)c(F)c(F)c(F)c2F)(c2c(F)c(F)c(F)c(F)c2F)c2c(F)c(F)c(F)c(F)c2F)c(F)c1F. The fraction of sp³-hybridized carbons (Fsp3) is 0.0513. The van der Waals surface area contributed by atoms with Crippen LogP contribution >= 0.6 is 0 Å². The van der Waals surface area contributed by atoms with Gasteiger partial charge in [-0.2, -0.15) is 4.57 Å². The maximum atomic E-state index is 15.4. The summed E-state index contributed by atoms with van der Waals surface area (Å²) in [5.41, 5.74) is -11.9. The second-order valence-corrected chi connectivity index (χ2v) is 13.0. The molecule has 330 valence electrons. The molecule has 0 aliphatic heterocycles. The Morgan fingerprint density at radius 1 is 0.476 bits per heavy atom. The van der Waals surface area contributed by atoms with Gasteiger partial charge in [-0.05, 0) is 12.5 Å². The minimum Gasteiger partial charge on any atom is -0.287 e. The van der Waals surface area contributed by atoms with Gasteiger partial charge in [0, 0.05) is 5.56 Å². The number of carbonyl (C=O) groups is 1. The summed E-state index contributed by atoms with van der Waals surface area (Å²) in [7, 11) is 0. The molecular formula is C39H15BF20N2O. The Morgan fingerprint density at radius 2 is 0.746 bits per heavy atom. The normalized spacial score (nSPS) is 11.4. The number of hydrogen-bond acceptors (Lipinski definition) is 2. The average molecular weight is 918 g/mol. The number of ketones is 1. The summed E-state index contributed by atoms with van der Waals surface area (Å²) in [4.78, 5) is 16.2. The number of aromatic nitrogens is 2. The molecule has 0 aliphatic rings. The van der Waals surface area contributed by atoms with Gasteiger partial charge in [0.1, 0.15) is 58.4 Å². The van der Waals surface area contributed by atoms with Crippen LogP contribution in [-0.2, 0) is 6.54 Å². The van der Waals surface area contributed by atoms with Gasteiger partial charge in [0.05, 0.1) is 6.20 Å². The summed E-state index contributed by atoms with van der Waals surface area (Å²) in [5, 5.41) is 0. The van der Waals surface area contributed by atoms with Crippen molar-refractivity contribution in [2.45, 2.75) is 13.5 Å². The minimum absolute atomic E-state index is 0.0828. The van der Waals surface area contributed by atoms with Crippen molar-refractivity contribution in [2.75, 3.05) is 0 Å². The molecule has 3 nitrogen and oxygen atoms in total. The van der Waals surface area contributed by atoms with E-state index in [9.17, 15) is 57.5 Å². The highest BCUT2D eigenvalue weighted by molar-refractivity contribution is 7.20. The zero-order valence-corrected chi connectivity index (χ0v) is 30.5. The van der Waals surface area contributed by atoms with E-state index in [4.69, 9.17) is 0 Å². The Hall–Kier alpha value is -6.75. The largest absolute Gasteiger partial charge is 0.287 e. The average Bonchev–Trinajstić information content (AvgIpc) is 3.26. The Morgan fingerprint density at radius 3 is 1.02 bits per heavy atom. The van der Waals surface area contributed by atoms with Gasteiger partial charge < -0.3 is 0 Å². The molecule has 0 saturated carbocycles. The summed E-state index contributed by atoms with van der Waals surface area (Å²) in [6.45, 7) is 6.05. The van der Waals surface area contributed by atoms with Crippen LogP contribution in [-0.4, -0.2) is 16.9 Å². The lowest BCUT2D eigenvalue weighted by molar-refractivity contribution is -0.683. The van der Waals surface area contributed by atoms with Gasteiger partial charge in [-0.25, -0.2) is 92.8 Å². The van der Waals surface area contributed by atoms with E-state index in [1.165, 1.54) is 0 Å². The Kier molecular flexibility index (Phi) is 13.2. The molecule has 0 radical (unpaired) electrons. The lowest BCUT2D eigenvalue weighted by Gasteiger charge is -2.44. The van der Waals surface area contributed by atoms with Gasteiger partial charge >= 0.3 is 0 Å². The molecule has 0 atom stereocenters. The molecular weight excluding hydrogens is 903 g/mol. The van der Waals surface area contributed by atoms with Gasteiger partial charge in [-0.1, -0.05) is 36.9 Å². The van der Waals surface area contributed by atoms with Crippen molar-refractivity contribution in [3.63, 3.8) is 0 Å². The van der Waals surface area contributed by atoms with Gasteiger partial charge in [0.25, 0.3) is 0 Å². The number of hydrogen-bond donors (Lipinski definition) is 0. The van der Waals surface area contributed by atoms with E-state index in [2.05, 4.69) is 11.6 Å². The van der Waals surface area contributed by atoms with Crippen LogP contribution in [0, 0.1) is 116 Å². The zero-order valence-electron chi connectivity index (χ0n) is 30.5. The van der Waals surface area contributed by atoms with Crippen LogP contribution in [0.1, 0.15) is 23.0 Å². The van der Waals surface area contributed by atoms with Crippen LogP contribution in [0.15, 0.2) is 55.5 Å². The van der Waals surface area contributed by atoms with Gasteiger partial charge in [0.2, 0.25) is 12.3 Å². The Balaban J connectivity index is 0.000000345. The third kappa shape index (κ3) is 7.64. The number of allylic oxidation sites excluding steroid dienone is 1. The Labute approximate surface area is 338 Å². The number of nitrogens with zero attached hydrogens (tertiary/aromatic N) is 2. The maximum absolute atomic E-state index is 15.4. The molecule has 0 bridgehead atoms. The van der Waals surface area contributed by atoms with E-state index in [0.29, 0.717) is 6.54 Å². The number of rotatable bonds is 8. The van der Waals surface area contributed by atoms with Crippen molar-refractivity contribution in [1.82, 2.24) is 4.98 Å². The highest BCUT2D eigenvalue weighted by atomic mass is 19.2. The van der Waals surface area contributed by atoms with Gasteiger partial charge in [0.15, 0.2) is 82.2 Å². The predicted octanol–water partition coefficient (Wildman–Crippen LogP) is 8.13. The first-order valence-electron chi connectivity index (χ1n) is 16.7. The molecule has 24 heteroatoms. The van der Waals surface area contributed by atoms with Gasteiger partial charge in [-0.3, -0.25) is 4.79 Å². The van der Waals surface area contributed by atoms with Crippen LogP contribution in [0.4, 0.5) is 87.8 Å².